The number of hydrogen-bond donors (Lipinski definition) is 0. The topological polar surface area (TPSA) is 0 Å². The Balaban J connectivity index is 1.80. The predicted octanol–water partition coefficient (Wildman–Crippen LogP) is 4.39. The molecule has 0 heterocycles. The van der Waals surface area contributed by atoms with Crippen LogP contribution >= 0.6 is 0 Å². The predicted molar refractivity (Wildman–Crippen MR) is 60.1 cm³/mol. The van der Waals surface area contributed by atoms with Gasteiger partial charge in [-0.05, 0) is 61.7 Å². The van der Waals surface area contributed by atoms with Gasteiger partial charge < -0.3 is 0 Å². The molecule has 3 aliphatic carbocycles. The molecule has 0 aromatic rings. The molecule has 80 valence electrons. The second-order valence-corrected chi connectivity index (χ2v) is 6.31. The van der Waals surface area contributed by atoms with E-state index in [2.05, 4.69) is 6.92 Å². The van der Waals surface area contributed by atoms with Gasteiger partial charge in [0, 0.05) is 0 Å². The Morgan fingerprint density at radius 2 is 1.79 bits per heavy atom. The SMILES string of the molecule is CC1CC2CCC1(C1CCCCC1)C2. The zero-order valence-electron chi connectivity index (χ0n) is 9.60. The molecule has 3 aliphatic rings. The van der Waals surface area contributed by atoms with E-state index in [1.165, 1.54) is 19.3 Å². The molecule has 3 atom stereocenters. The Hall–Kier alpha value is 0. The van der Waals surface area contributed by atoms with Crippen LogP contribution in [0.4, 0.5) is 0 Å². The Labute approximate surface area is 88.5 Å². The number of hydrogen-bond acceptors (Lipinski definition) is 0. The van der Waals surface area contributed by atoms with Gasteiger partial charge in [-0.1, -0.05) is 26.2 Å². The van der Waals surface area contributed by atoms with Gasteiger partial charge in [0.05, 0.1) is 0 Å². The third-order valence-corrected chi connectivity index (χ3v) is 5.77. The van der Waals surface area contributed by atoms with Gasteiger partial charge in [-0.15, -0.1) is 0 Å². The summed E-state index contributed by atoms with van der Waals surface area (Å²) in [6.07, 6.45) is 14.0. The minimum atomic E-state index is 0.838. The molecular formula is C14H24. The second-order valence-electron chi connectivity index (χ2n) is 6.31. The highest BCUT2D eigenvalue weighted by molar-refractivity contribution is 5.03. The van der Waals surface area contributed by atoms with Crippen molar-refractivity contribution in [3.8, 4) is 0 Å². The molecule has 0 radical (unpaired) electrons. The number of rotatable bonds is 1. The highest BCUT2D eigenvalue weighted by Crippen LogP contribution is 2.63. The van der Waals surface area contributed by atoms with Crippen LogP contribution in [0, 0.1) is 23.2 Å². The fourth-order valence-corrected chi connectivity index (χ4v) is 5.05. The van der Waals surface area contributed by atoms with Gasteiger partial charge >= 0.3 is 0 Å². The lowest BCUT2D eigenvalue weighted by molar-refractivity contribution is 0.0746. The maximum absolute atomic E-state index is 2.55. The van der Waals surface area contributed by atoms with Gasteiger partial charge in [-0.2, -0.15) is 0 Å². The summed E-state index contributed by atoms with van der Waals surface area (Å²) >= 11 is 0. The Morgan fingerprint density at radius 1 is 1.00 bits per heavy atom. The quantitative estimate of drug-likeness (QED) is 0.578. The summed E-state index contributed by atoms with van der Waals surface area (Å²) in [7, 11) is 0. The third-order valence-electron chi connectivity index (χ3n) is 5.77. The maximum Gasteiger partial charge on any atom is -0.0241 e. The van der Waals surface area contributed by atoms with Crippen molar-refractivity contribution in [3.63, 3.8) is 0 Å². The summed E-state index contributed by atoms with van der Waals surface area (Å²) in [5, 5.41) is 0. The highest BCUT2D eigenvalue weighted by Gasteiger charge is 2.53. The highest BCUT2D eigenvalue weighted by atomic mass is 14.6. The van der Waals surface area contributed by atoms with Gasteiger partial charge in [0.2, 0.25) is 0 Å². The first kappa shape index (κ1) is 9.24. The molecule has 0 N–H and O–H groups in total. The Morgan fingerprint density at radius 3 is 2.36 bits per heavy atom. The van der Waals surface area contributed by atoms with Crippen LogP contribution in [0.3, 0.4) is 0 Å². The van der Waals surface area contributed by atoms with Gasteiger partial charge in [-0.25, -0.2) is 0 Å². The molecule has 2 bridgehead atoms. The van der Waals surface area contributed by atoms with Crippen LogP contribution in [0.15, 0.2) is 0 Å². The summed E-state index contributed by atoms with van der Waals surface area (Å²) in [6, 6.07) is 0. The first-order valence-corrected chi connectivity index (χ1v) is 6.81. The standard InChI is InChI=1S/C14H24/c1-11-9-12-7-8-14(11,10-12)13-5-3-2-4-6-13/h11-13H,2-10H2,1H3. The van der Waals surface area contributed by atoms with Crippen LogP contribution < -0.4 is 0 Å². The third kappa shape index (κ3) is 1.19. The zero-order chi connectivity index (χ0) is 9.60. The maximum atomic E-state index is 2.55. The van der Waals surface area contributed by atoms with Crippen molar-refractivity contribution in [1.82, 2.24) is 0 Å². The summed E-state index contributed by atoms with van der Waals surface area (Å²) in [5.41, 5.74) is 0.838. The summed E-state index contributed by atoms with van der Waals surface area (Å²) < 4.78 is 0. The van der Waals surface area contributed by atoms with Crippen LogP contribution in [0.25, 0.3) is 0 Å². The van der Waals surface area contributed by atoms with Gasteiger partial charge in [-0.3, -0.25) is 0 Å². The second kappa shape index (κ2) is 3.25. The molecule has 0 aromatic heterocycles. The first-order valence-electron chi connectivity index (χ1n) is 6.81. The molecule has 14 heavy (non-hydrogen) atoms. The van der Waals surface area contributed by atoms with E-state index in [0.717, 1.165) is 23.2 Å². The van der Waals surface area contributed by atoms with E-state index in [1.807, 2.05) is 0 Å². The number of fused-ring (bicyclic) bond motifs is 2. The molecule has 0 spiro atoms. The Bertz CT molecular complexity index is 214. The fraction of sp³-hybridized carbons (Fsp3) is 1.00. The molecule has 3 rings (SSSR count). The molecule has 3 unspecified atom stereocenters. The largest absolute Gasteiger partial charge is 0.0620 e. The van der Waals surface area contributed by atoms with Gasteiger partial charge in [0.1, 0.15) is 0 Å². The lowest BCUT2D eigenvalue weighted by Crippen LogP contribution is -2.33. The van der Waals surface area contributed by atoms with Crippen LogP contribution in [0.5, 0.6) is 0 Å². The fourth-order valence-electron chi connectivity index (χ4n) is 5.05. The van der Waals surface area contributed by atoms with Crippen LogP contribution in [0.2, 0.25) is 0 Å². The lowest BCUT2D eigenvalue weighted by Gasteiger charge is -2.42. The average molecular weight is 192 g/mol. The van der Waals surface area contributed by atoms with Gasteiger partial charge in [0.25, 0.3) is 0 Å². The van der Waals surface area contributed by atoms with E-state index < -0.39 is 0 Å². The van der Waals surface area contributed by atoms with E-state index >= 15 is 0 Å². The van der Waals surface area contributed by atoms with Crippen molar-refractivity contribution < 1.29 is 0 Å². The van der Waals surface area contributed by atoms with E-state index in [9.17, 15) is 0 Å². The van der Waals surface area contributed by atoms with Crippen molar-refractivity contribution in [1.29, 1.82) is 0 Å². The smallest absolute Gasteiger partial charge is 0.0241 e. The van der Waals surface area contributed by atoms with E-state index in [-0.39, 0.29) is 0 Å². The normalized spacial score (nSPS) is 48.6. The minimum Gasteiger partial charge on any atom is -0.0620 e. The lowest BCUT2D eigenvalue weighted by atomic mass is 9.63. The molecule has 3 saturated carbocycles. The van der Waals surface area contributed by atoms with Crippen molar-refractivity contribution in [2.45, 2.75) is 64.7 Å². The average Bonchev–Trinajstić information content (AvgIpc) is 2.77. The molecule has 0 heteroatoms. The molecule has 0 aromatic carbocycles. The summed E-state index contributed by atoms with van der Waals surface area (Å²) in [4.78, 5) is 0. The molecule has 3 fully saturated rings. The van der Waals surface area contributed by atoms with Crippen molar-refractivity contribution in [2.24, 2.45) is 23.2 Å². The van der Waals surface area contributed by atoms with Crippen molar-refractivity contribution in [3.05, 3.63) is 0 Å². The van der Waals surface area contributed by atoms with E-state index in [1.54, 1.807) is 38.5 Å². The molecular weight excluding hydrogens is 168 g/mol. The summed E-state index contributed by atoms with van der Waals surface area (Å²) in [6.45, 7) is 2.55. The zero-order valence-corrected chi connectivity index (χ0v) is 9.60. The van der Waals surface area contributed by atoms with Crippen LogP contribution in [0.1, 0.15) is 64.7 Å². The van der Waals surface area contributed by atoms with Crippen LogP contribution in [-0.2, 0) is 0 Å². The molecule has 0 aliphatic heterocycles. The van der Waals surface area contributed by atoms with Crippen molar-refractivity contribution >= 4 is 0 Å². The minimum absolute atomic E-state index is 0.838. The monoisotopic (exact) mass is 192 g/mol. The van der Waals surface area contributed by atoms with E-state index in [0.29, 0.717) is 0 Å². The van der Waals surface area contributed by atoms with Crippen LogP contribution in [-0.4, -0.2) is 0 Å². The molecule has 0 amide bonds. The first-order chi connectivity index (χ1) is 6.81. The molecule has 0 nitrogen and oxygen atoms in total. The molecule has 0 saturated heterocycles. The Kier molecular flexibility index (Phi) is 2.15. The van der Waals surface area contributed by atoms with Crippen molar-refractivity contribution in [2.75, 3.05) is 0 Å². The summed E-state index contributed by atoms with van der Waals surface area (Å²) in [5.74, 6) is 3.31. The van der Waals surface area contributed by atoms with E-state index in [4.69, 9.17) is 0 Å². The van der Waals surface area contributed by atoms with Gasteiger partial charge in [0.15, 0.2) is 0 Å².